The van der Waals surface area contributed by atoms with E-state index in [2.05, 4.69) is 69.5 Å². The van der Waals surface area contributed by atoms with E-state index in [1.165, 1.54) is 27.8 Å². The lowest BCUT2D eigenvalue weighted by Crippen LogP contribution is -2.14. The third kappa shape index (κ3) is 1.53. The van der Waals surface area contributed by atoms with Gasteiger partial charge in [0.25, 0.3) is 0 Å². The van der Waals surface area contributed by atoms with E-state index in [0.29, 0.717) is 0 Å². The molecule has 2 aromatic carbocycles. The summed E-state index contributed by atoms with van der Waals surface area (Å²) in [6.07, 6.45) is 1.84. The van der Waals surface area contributed by atoms with Crippen LogP contribution >= 0.6 is 0 Å². The van der Waals surface area contributed by atoms with Gasteiger partial charge in [-0.25, -0.2) is 0 Å². The van der Waals surface area contributed by atoms with E-state index in [1.54, 1.807) is 0 Å². The smallest absolute Gasteiger partial charge is 0.0159 e. The Balaban J connectivity index is 2.41. The quantitative estimate of drug-likeness (QED) is 0.639. The fourth-order valence-electron chi connectivity index (χ4n) is 3.13. The van der Waals surface area contributed by atoms with Gasteiger partial charge >= 0.3 is 0 Å². The second-order valence-electron chi connectivity index (χ2n) is 5.63. The van der Waals surface area contributed by atoms with Crippen LogP contribution in [0.3, 0.4) is 0 Å². The molecule has 0 heterocycles. The zero-order valence-electron chi connectivity index (χ0n) is 11.5. The molecule has 0 fully saturated rings. The van der Waals surface area contributed by atoms with E-state index in [4.69, 9.17) is 0 Å². The summed E-state index contributed by atoms with van der Waals surface area (Å²) < 4.78 is 0. The van der Waals surface area contributed by atoms with E-state index in [0.717, 1.165) is 5.57 Å². The number of rotatable bonds is 2. The zero-order chi connectivity index (χ0) is 13.6. The molecule has 0 saturated heterocycles. The van der Waals surface area contributed by atoms with Crippen molar-refractivity contribution >= 4 is 5.57 Å². The summed E-state index contributed by atoms with van der Waals surface area (Å²) in [5.41, 5.74) is 7.69. The zero-order valence-corrected chi connectivity index (χ0v) is 11.5. The average Bonchev–Trinajstić information content (AvgIpc) is 2.68. The second kappa shape index (κ2) is 3.96. The molecule has 0 radical (unpaired) electrons. The van der Waals surface area contributed by atoms with Crippen molar-refractivity contribution in [2.75, 3.05) is 0 Å². The third-order valence-electron chi connectivity index (χ3n) is 4.20. The molecule has 3 rings (SSSR count). The van der Waals surface area contributed by atoms with Crippen LogP contribution in [0.25, 0.3) is 16.7 Å². The molecule has 0 spiro atoms. The van der Waals surface area contributed by atoms with Crippen molar-refractivity contribution in [1.82, 2.24) is 0 Å². The minimum atomic E-state index is 0.0589. The van der Waals surface area contributed by atoms with Crippen LogP contribution in [0, 0.1) is 0 Å². The van der Waals surface area contributed by atoms with Crippen LogP contribution in [0.1, 0.15) is 30.5 Å². The maximum absolute atomic E-state index is 4.12. The molecule has 0 bridgehead atoms. The minimum Gasteiger partial charge on any atom is -0.0985 e. The number of allylic oxidation sites excluding steroid dienone is 2. The molecule has 19 heavy (non-hydrogen) atoms. The van der Waals surface area contributed by atoms with Gasteiger partial charge in [-0.1, -0.05) is 75.5 Å². The molecule has 0 atom stereocenters. The molecule has 0 unspecified atom stereocenters. The highest BCUT2D eigenvalue weighted by Crippen LogP contribution is 2.50. The van der Waals surface area contributed by atoms with Crippen LogP contribution in [0.4, 0.5) is 0 Å². The molecule has 2 aromatic rings. The van der Waals surface area contributed by atoms with Crippen LogP contribution in [-0.4, -0.2) is 0 Å². The van der Waals surface area contributed by atoms with Crippen molar-refractivity contribution < 1.29 is 0 Å². The highest BCUT2D eigenvalue weighted by molar-refractivity contribution is 5.91. The van der Waals surface area contributed by atoms with E-state index in [-0.39, 0.29) is 5.41 Å². The molecule has 0 nitrogen and oxygen atoms in total. The summed E-state index contributed by atoms with van der Waals surface area (Å²) >= 11 is 0. The molecule has 1 aliphatic rings. The Morgan fingerprint density at radius 2 is 1.68 bits per heavy atom. The fraction of sp³-hybridized carbons (Fsp3) is 0.158. The topological polar surface area (TPSA) is 0 Å². The standard InChI is InChI=1S/C19H18/c1-5-13(2)14-10-8-12-17-18(14)15-9-6-7-11-16(15)19(17,3)4/h5-12H,1-2H2,3-4H3. The Morgan fingerprint density at radius 1 is 1.00 bits per heavy atom. The summed E-state index contributed by atoms with van der Waals surface area (Å²) in [4.78, 5) is 0. The van der Waals surface area contributed by atoms with Crippen molar-refractivity contribution in [1.29, 1.82) is 0 Å². The van der Waals surface area contributed by atoms with Gasteiger partial charge in [-0.05, 0) is 33.4 Å². The monoisotopic (exact) mass is 246 g/mol. The lowest BCUT2D eigenvalue weighted by molar-refractivity contribution is 0.660. The summed E-state index contributed by atoms with van der Waals surface area (Å²) in [6.45, 7) is 12.6. The van der Waals surface area contributed by atoms with Crippen molar-refractivity contribution in [2.24, 2.45) is 0 Å². The van der Waals surface area contributed by atoms with Crippen molar-refractivity contribution in [2.45, 2.75) is 19.3 Å². The molecule has 0 N–H and O–H groups in total. The van der Waals surface area contributed by atoms with Crippen LogP contribution in [0.2, 0.25) is 0 Å². The normalized spacial score (nSPS) is 14.6. The molecule has 0 saturated carbocycles. The Morgan fingerprint density at radius 3 is 2.42 bits per heavy atom. The van der Waals surface area contributed by atoms with Crippen molar-refractivity contribution in [3.8, 4) is 11.1 Å². The van der Waals surface area contributed by atoms with Gasteiger partial charge in [0.1, 0.15) is 0 Å². The van der Waals surface area contributed by atoms with Crippen LogP contribution in [-0.2, 0) is 5.41 Å². The summed E-state index contributed by atoms with van der Waals surface area (Å²) in [7, 11) is 0. The first-order valence-corrected chi connectivity index (χ1v) is 6.62. The maximum Gasteiger partial charge on any atom is 0.0159 e. The van der Waals surface area contributed by atoms with Gasteiger partial charge in [0.2, 0.25) is 0 Å². The Kier molecular flexibility index (Phi) is 2.50. The number of benzene rings is 2. The first kappa shape index (κ1) is 12.0. The first-order valence-electron chi connectivity index (χ1n) is 6.62. The molecular weight excluding hydrogens is 228 g/mol. The summed E-state index contributed by atoms with van der Waals surface area (Å²) in [5, 5.41) is 0. The van der Waals surface area contributed by atoms with E-state index in [1.807, 2.05) is 6.08 Å². The largest absolute Gasteiger partial charge is 0.0985 e. The fourth-order valence-corrected chi connectivity index (χ4v) is 3.13. The van der Waals surface area contributed by atoms with Gasteiger partial charge in [0.05, 0.1) is 0 Å². The van der Waals surface area contributed by atoms with Gasteiger partial charge < -0.3 is 0 Å². The lowest BCUT2D eigenvalue weighted by Gasteiger charge is -2.21. The van der Waals surface area contributed by atoms with Crippen LogP contribution in [0.5, 0.6) is 0 Å². The SMILES string of the molecule is C=CC(=C)c1cccc2c1-c1ccccc1C2(C)C. The van der Waals surface area contributed by atoms with Crippen LogP contribution < -0.4 is 0 Å². The Hall–Kier alpha value is -2.08. The molecule has 0 aromatic heterocycles. The van der Waals surface area contributed by atoms with Crippen molar-refractivity contribution in [3.05, 3.63) is 78.4 Å². The highest BCUT2D eigenvalue weighted by atomic mass is 14.4. The van der Waals surface area contributed by atoms with E-state index < -0.39 is 0 Å². The van der Waals surface area contributed by atoms with E-state index in [9.17, 15) is 0 Å². The maximum atomic E-state index is 4.12. The molecule has 1 aliphatic carbocycles. The summed E-state index contributed by atoms with van der Waals surface area (Å²) in [6, 6.07) is 15.2. The average molecular weight is 246 g/mol. The molecular formula is C19H18. The van der Waals surface area contributed by atoms with Gasteiger partial charge in [-0.2, -0.15) is 0 Å². The molecule has 0 heteroatoms. The second-order valence-corrected chi connectivity index (χ2v) is 5.63. The number of fused-ring (bicyclic) bond motifs is 3. The minimum absolute atomic E-state index is 0.0589. The van der Waals surface area contributed by atoms with Gasteiger partial charge in [-0.15, -0.1) is 0 Å². The lowest BCUT2D eigenvalue weighted by atomic mass is 9.82. The predicted molar refractivity (Wildman–Crippen MR) is 83.2 cm³/mol. The number of hydrogen-bond acceptors (Lipinski definition) is 0. The Bertz CT molecular complexity index is 687. The van der Waals surface area contributed by atoms with Crippen molar-refractivity contribution in [3.63, 3.8) is 0 Å². The Labute approximate surface area is 115 Å². The van der Waals surface area contributed by atoms with Gasteiger partial charge in [-0.3, -0.25) is 0 Å². The highest BCUT2D eigenvalue weighted by Gasteiger charge is 2.36. The van der Waals surface area contributed by atoms with Crippen LogP contribution in [0.15, 0.2) is 61.7 Å². The van der Waals surface area contributed by atoms with E-state index >= 15 is 0 Å². The van der Waals surface area contributed by atoms with Gasteiger partial charge in [0.15, 0.2) is 0 Å². The number of hydrogen-bond donors (Lipinski definition) is 0. The molecule has 0 amide bonds. The summed E-state index contributed by atoms with van der Waals surface area (Å²) in [5.74, 6) is 0. The first-order chi connectivity index (χ1) is 9.07. The third-order valence-corrected chi connectivity index (χ3v) is 4.20. The molecule has 94 valence electrons. The predicted octanol–water partition coefficient (Wildman–Crippen LogP) is 5.19. The molecule has 0 aliphatic heterocycles. The van der Waals surface area contributed by atoms with Gasteiger partial charge in [0, 0.05) is 5.41 Å².